The molecule has 60 valence electrons. The molecule has 3 N–H and O–H groups in total. The molecule has 0 radical (unpaired) electrons. The number of aromatic nitrogens is 2. The first-order valence-corrected chi connectivity index (χ1v) is 3.48. The molecular weight excluding hydrogens is 140 g/mol. The fraction of sp³-hybridized carbons (Fsp3) is 0.429. The molecule has 0 aliphatic heterocycles. The molecule has 0 atom stereocenters. The molecule has 0 aromatic carbocycles. The highest BCUT2D eigenvalue weighted by molar-refractivity contribution is 5.34. The van der Waals surface area contributed by atoms with Gasteiger partial charge in [-0.25, -0.2) is 9.97 Å². The van der Waals surface area contributed by atoms with E-state index in [2.05, 4.69) is 15.3 Å². The lowest BCUT2D eigenvalue weighted by Gasteiger charge is -2.02. The van der Waals surface area contributed by atoms with E-state index in [1.807, 2.05) is 20.0 Å². The van der Waals surface area contributed by atoms with Crippen molar-refractivity contribution >= 4 is 5.82 Å². The summed E-state index contributed by atoms with van der Waals surface area (Å²) < 4.78 is 0. The van der Waals surface area contributed by atoms with Gasteiger partial charge in [-0.2, -0.15) is 0 Å². The summed E-state index contributed by atoms with van der Waals surface area (Å²) in [5, 5.41) is 2.94. The van der Waals surface area contributed by atoms with Gasteiger partial charge in [0.05, 0.1) is 5.69 Å². The molecule has 0 amide bonds. The summed E-state index contributed by atoms with van der Waals surface area (Å²) in [6.07, 6.45) is 0. The minimum atomic E-state index is 0.456. The van der Waals surface area contributed by atoms with E-state index in [9.17, 15) is 0 Å². The third-order valence-corrected chi connectivity index (χ3v) is 1.36. The minimum absolute atomic E-state index is 0.456. The lowest BCUT2D eigenvalue weighted by molar-refractivity contribution is 0.928. The standard InChI is InChI=1S/C7H12N4/c1-5-10-6(4-8)3-7(9-2)11-5/h3H,4,8H2,1-2H3,(H,9,10,11). The van der Waals surface area contributed by atoms with Crippen LogP contribution in [0.3, 0.4) is 0 Å². The average molecular weight is 152 g/mol. The van der Waals surface area contributed by atoms with E-state index in [4.69, 9.17) is 5.73 Å². The summed E-state index contributed by atoms with van der Waals surface area (Å²) in [5.74, 6) is 1.57. The summed E-state index contributed by atoms with van der Waals surface area (Å²) in [7, 11) is 1.82. The maximum Gasteiger partial charge on any atom is 0.129 e. The normalized spacial score (nSPS) is 9.73. The second-order valence-corrected chi connectivity index (χ2v) is 2.25. The van der Waals surface area contributed by atoms with E-state index >= 15 is 0 Å². The number of aryl methyl sites for hydroxylation is 1. The number of anilines is 1. The molecule has 0 bridgehead atoms. The molecule has 0 unspecified atom stereocenters. The molecule has 11 heavy (non-hydrogen) atoms. The van der Waals surface area contributed by atoms with E-state index in [1.54, 1.807) is 0 Å². The monoisotopic (exact) mass is 152 g/mol. The van der Waals surface area contributed by atoms with Crippen LogP contribution in [0.25, 0.3) is 0 Å². The zero-order valence-corrected chi connectivity index (χ0v) is 6.76. The summed E-state index contributed by atoms with van der Waals surface area (Å²) in [5.41, 5.74) is 6.29. The van der Waals surface area contributed by atoms with Crippen LogP contribution in [0.5, 0.6) is 0 Å². The summed E-state index contributed by atoms with van der Waals surface area (Å²) in [6.45, 7) is 2.30. The molecule has 0 saturated carbocycles. The molecule has 0 aliphatic rings. The highest BCUT2D eigenvalue weighted by atomic mass is 15.0. The maximum atomic E-state index is 5.42. The first-order valence-electron chi connectivity index (χ1n) is 3.48. The van der Waals surface area contributed by atoms with Gasteiger partial charge in [-0.15, -0.1) is 0 Å². The van der Waals surface area contributed by atoms with Crippen LogP contribution in [0.15, 0.2) is 6.07 Å². The lowest BCUT2D eigenvalue weighted by atomic mass is 10.4. The van der Waals surface area contributed by atoms with E-state index in [1.165, 1.54) is 0 Å². The highest BCUT2D eigenvalue weighted by Gasteiger charge is 1.96. The molecule has 0 aliphatic carbocycles. The molecule has 0 saturated heterocycles. The van der Waals surface area contributed by atoms with Gasteiger partial charge in [0.1, 0.15) is 11.6 Å². The number of nitrogens with zero attached hydrogens (tertiary/aromatic N) is 2. The van der Waals surface area contributed by atoms with Crippen LogP contribution in [-0.2, 0) is 6.54 Å². The SMILES string of the molecule is CNc1cc(CN)nc(C)n1. The number of hydrogen-bond acceptors (Lipinski definition) is 4. The Morgan fingerprint density at radius 3 is 2.82 bits per heavy atom. The predicted octanol–water partition coefficient (Wildman–Crippen LogP) is 0.285. The zero-order valence-electron chi connectivity index (χ0n) is 6.76. The van der Waals surface area contributed by atoms with Crippen LogP contribution < -0.4 is 11.1 Å². The Balaban J connectivity index is 3.02. The van der Waals surface area contributed by atoms with E-state index in [0.717, 1.165) is 17.3 Å². The van der Waals surface area contributed by atoms with Gasteiger partial charge in [0, 0.05) is 19.7 Å². The Morgan fingerprint density at radius 1 is 1.55 bits per heavy atom. The Bertz CT molecular complexity index is 224. The summed E-state index contributed by atoms with van der Waals surface area (Å²) in [6, 6.07) is 1.84. The highest BCUT2D eigenvalue weighted by Crippen LogP contribution is 2.04. The van der Waals surface area contributed by atoms with Gasteiger partial charge >= 0.3 is 0 Å². The van der Waals surface area contributed by atoms with Crippen molar-refractivity contribution in [3.8, 4) is 0 Å². The van der Waals surface area contributed by atoms with Crippen LogP contribution in [0, 0.1) is 6.92 Å². The Labute approximate surface area is 65.9 Å². The summed E-state index contributed by atoms with van der Waals surface area (Å²) in [4.78, 5) is 8.25. The van der Waals surface area contributed by atoms with Gasteiger partial charge in [0.2, 0.25) is 0 Å². The van der Waals surface area contributed by atoms with E-state index in [0.29, 0.717) is 6.54 Å². The van der Waals surface area contributed by atoms with Crippen molar-refractivity contribution < 1.29 is 0 Å². The van der Waals surface area contributed by atoms with Crippen LogP contribution in [0.2, 0.25) is 0 Å². The maximum absolute atomic E-state index is 5.42. The molecule has 1 heterocycles. The van der Waals surface area contributed by atoms with Crippen LogP contribution in [-0.4, -0.2) is 17.0 Å². The number of nitrogens with two attached hydrogens (primary N) is 1. The molecule has 4 heteroatoms. The number of hydrogen-bond donors (Lipinski definition) is 2. The van der Waals surface area contributed by atoms with Crippen LogP contribution in [0.4, 0.5) is 5.82 Å². The largest absolute Gasteiger partial charge is 0.373 e. The fourth-order valence-electron chi connectivity index (χ4n) is 0.862. The van der Waals surface area contributed by atoms with Gasteiger partial charge < -0.3 is 11.1 Å². The van der Waals surface area contributed by atoms with Crippen molar-refractivity contribution in [3.05, 3.63) is 17.6 Å². The molecule has 1 aromatic heterocycles. The van der Waals surface area contributed by atoms with Gasteiger partial charge in [0.25, 0.3) is 0 Å². The fourth-order valence-corrected chi connectivity index (χ4v) is 0.862. The Hall–Kier alpha value is -1.16. The van der Waals surface area contributed by atoms with Crippen molar-refractivity contribution in [3.63, 3.8) is 0 Å². The number of rotatable bonds is 2. The third kappa shape index (κ3) is 1.88. The second-order valence-electron chi connectivity index (χ2n) is 2.25. The first-order chi connectivity index (χ1) is 5.26. The smallest absolute Gasteiger partial charge is 0.129 e. The zero-order chi connectivity index (χ0) is 8.27. The van der Waals surface area contributed by atoms with Crippen molar-refractivity contribution in [1.82, 2.24) is 9.97 Å². The van der Waals surface area contributed by atoms with Crippen molar-refractivity contribution in [1.29, 1.82) is 0 Å². The van der Waals surface area contributed by atoms with Crippen LogP contribution >= 0.6 is 0 Å². The van der Waals surface area contributed by atoms with Crippen molar-refractivity contribution in [2.24, 2.45) is 5.73 Å². The Kier molecular flexibility index (Phi) is 2.38. The van der Waals surface area contributed by atoms with E-state index < -0.39 is 0 Å². The number of nitrogens with one attached hydrogen (secondary N) is 1. The van der Waals surface area contributed by atoms with Crippen molar-refractivity contribution in [2.45, 2.75) is 13.5 Å². The second kappa shape index (κ2) is 3.30. The third-order valence-electron chi connectivity index (χ3n) is 1.36. The molecule has 0 fully saturated rings. The van der Waals surface area contributed by atoms with Crippen LogP contribution in [0.1, 0.15) is 11.5 Å². The predicted molar refractivity (Wildman–Crippen MR) is 44.2 cm³/mol. The van der Waals surface area contributed by atoms with Gasteiger partial charge in [-0.1, -0.05) is 0 Å². The molecule has 0 spiro atoms. The lowest BCUT2D eigenvalue weighted by Crippen LogP contribution is -2.04. The minimum Gasteiger partial charge on any atom is -0.373 e. The Morgan fingerprint density at radius 2 is 2.27 bits per heavy atom. The molecule has 1 rings (SSSR count). The van der Waals surface area contributed by atoms with Gasteiger partial charge in [-0.3, -0.25) is 0 Å². The average Bonchev–Trinajstić information content (AvgIpc) is 2.03. The quantitative estimate of drug-likeness (QED) is 0.639. The van der Waals surface area contributed by atoms with Gasteiger partial charge in [0.15, 0.2) is 0 Å². The molecular formula is C7H12N4. The topological polar surface area (TPSA) is 63.8 Å². The van der Waals surface area contributed by atoms with Crippen molar-refractivity contribution in [2.75, 3.05) is 12.4 Å². The molecule has 1 aromatic rings. The first kappa shape index (κ1) is 7.94. The van der Waals surface area contributed by atoms with E-state index in [-0.39, 0.29) is 0 Å². The summed E-state index contributed by atoms with van der Waals surface area (Å²) >= 11 is 0. The molecule has 4 nitrogen and oxygen atoms in total. The van der Waals surface area contributed by atoms with Gasteiger partial charge in [-0.05, 0) is 6.92 Å².